The molecule has 0 aliphatic heterocycles. The zero-order chi connectivity index (χ0) is 19.1. The second-order valence-electron chi connectivity index (χ2n) is 5.93. The van der Waals surface area contributed by atoms with Gasteiger partial charge in [-0.15, -0.1) is 0 Å². The second kappa shape index (κ2) is 8.62. The van der Waals surface area contributed by atoms with Gasteiger partial charge in [0.15, 0.2) is 0 Å². The maximum atomic E-state index is 11.9. The van der Waals surface area contributed by atoms with E-state index in [1.165, 1.54) is 18.2 Å². The molecule has 3 rings (SSSR count). The molecular formula is C21H19N3O3. The number of anilines is 1. The van der Waals surface area contributed by atoms with Gasteiger partial charge in [0.25, 0.3) is 5.69 Å². The predicted molar refractivity (Wildman–Crippen MR) is 108 cm³/mol. The lowest BCUT2D eigenvalue weighted by Gasteiger charge is -2.10. The van der Waals surface area contributed by atoms with Crippen LogP contribution < -0.4 is 10.6 Å². The average molecular weight is 361 g/mol. The molecule has 0 atom stereocenters. The fourth-order valence-electron chi connectivity index (χ4n) is 2.70. The summed E-state index contributed by atoms with van der Waals surface area (Å²) in [5, 5.41) is 19.1. The Kier molecular flexibility index (Phi) is 5.79. The first-order valence-corrected chi connectivity index (χ1v) is 8.55. The lowest BCUT2D eigenvalue weighted by molar-refractivity contribution is -0.384. The van der Waals surface area contributed by atoms with E-state index in [2.05, 4.69) is 28.8 Å². The summed E-state index contributed by atoms with van der Waals surface area (Å²) in [6, 6.07) is 20.2. The number of non-ortho nitro benzene ring substituents is 1. The van der Waals surface area contributed by atoms with Crippen molar-refractivity contribution in [1.29, 1.82) is 0 Å². The molecule has 136 valence electrons. The number of nitrogens with zero attached hydrogens (tertiary/aromatic N) is 1. The molecule has 0 saturated carbocycles. The van der Waals surface area contributed by atoms with E-state index in [1.54, 1.807) is 18.2 Å². The summed E-state index contributed by atoms with van der Waals surface area (Å²) in [5.41, 5.74) is 1.78. The van der Waals surface area contributed by atoms with Gasteiger partial charge in [-0.3, -0.25) is 14.9 Å². The van der Waals surface area contributed by atoms with Gasteiger partial charge in [-0.25, -0.2) is 0 Å². The summed E-state index contributed by atoms with van der Waals surface area (Å²) in [4.78, 5) is 22.0. The molecule has 0 spiro atoms. The summed E-state index contributed by atoms with van der Waals surface area (Å²) in [5.74, 6) is -0.215. The lowest BCUT2D eigenvalue weighted by Crippen LogP contribution is -2.27. The Labute approximate surface area is 156 Å². The second-order valence-corrected chi connectivity index (χ2v) is 5.93. The highest BCUT2D eigenvalue weighted by Crippen LogP contribution is 2.22. The number of nitro groups is 1. The van der Waals surface area contributed by atoms with Gasteiger partial charge in [-0.2, -0.15) is 0 Å². The van der Waals surface area contributed by atoms with Gasteiger partial charge in [-0.05, 0) is 35.2 Å². The largest absolute Gasteiger partial charge is 0.383 e. The third-order valence-corrected chi connectivity index (χ3v) is 4.06. The van der Waals surface area contributed by atoms with Crippen LogP contribution in [0.15, 0.2) is 72.8 Å². The topological polar surface area (TPSA) is 84.3 Å². The van der Waals surface area contributed by atoms with Crippen LogP contribution in [-0.4, -0.2) is 23.9 Å². The molecule has 0 aliphatic carbocycles. The number of rotatable bonds is 7. The number of nitro benzene ring substituents is 1. The summed E-state index contributed by atoms with van der Waals surface area (Å²) >= 11 is 0. The highest BCUT2D eigenvalue weighted by molar-refractivity contribution is 5.94. The van der Waals surface area contributed by atoms with Crippen molar-refractivity contribution in [3.8, 4) is 0 Å². The number of amides is 1. The van der Waals surface area contributed by atoms with Crippen molar-refractivity contribution in [2.24, 2.45) is 0 Å². The van der Waals surface area contributed by atoms with E-state index in [9.17, 15) is 14.9 Å². The molecule has 0 radical (unpaired) electrons. The molecule has 0 heterocycles. The number of fused-ring (bicyclic) bond motifs is 1. The maximum absolute atomic E-state index is 11.9. The van der Waals surface area contributed by atoms with Crippen LogP contribution >= 0.6 is 0 Å². The first-order chi connectivity index (χ1) is 13.1. The van der Waals surface area contributed by atoms with Gasteiger partial charge in [0.2, 0.25) is 5.91 Å². The van der Waals surface area contributed by atoms with Crippen molar-refractivity contribution in [1.82, 2.24) is 5.32 Å². The standard InChI is InChI=1S/C21H19N3O3/c25-21(13-10-16-8-11-18(12-9-16)24(26)27)23-15-14-22-20-7-3-5-17-4-1-2-6-19(17)20/h1-13,22H,14-15H2,(H,23,25)/b13-10+. The first kappa shape index (κ1) is 18.1. The van der Waals surface area contributed by atoms with Crippen LogP contribution in [0.2, 0.25) is 0 Å². The molecular weight excluding hydrogens is 342 g/mol. The monoisotopic (exact) mass is 361 g/mol. The molecule has 6 heteroatoms. The number of carbonyl (C=O) groups is 1. The highest BCUT2D eigenvalue weighted by atomic mass is 16.6. The van der Waals surface area contributed by atoms with Gasteiger partial charge in [0.1, 0.15) is 0 Å². The highest BCUT2D eigenvalue weighted by Gasteiger charge is 2.03. The molecule has 6 nitrogen and oxygen atoms in total. The summed E-state index contributed by atoms with van der Waals surface area (Å²) < 4.78 is 0. The van der Waals surface area contributed by atoms with E-state index in [4.69, 9.17) is 0 Å². The molecule has 1 amide bonds. The fraction of sp³-hybridized carbons (Fsp3) is 0.0952. The van der Waals surface area contributed by atoms with Crippen LogP contribution in [0.5, 0.6) is 0 Å². The third-order valence-electron chi connectivity index (χ3n) is 4.06. The summed E-state index contributed by atoms with van der Waals surface area (Å²) in [6.07, 6.45) is 3.04. The van der Waals surface area contributed by atoms with E-state index in [1.807, 2.05) is 24.3 Å². The normalized spacial score (nSPS) is 10.8. The lowest BCUT2D eigenvalue weighted by atomic mass is 10.1. The molecule has 3 aromatic carbocycles. The van der Waals surface area contributed by atoms with Gasteiger partial charge < -0.3 is 10.6 Å². The Hall–Kier alpha value is -3.67. The summed E-state index contributed by atoms with van der Waals surface area (Å²) in [6.45, 7) is 1.08. The van der Waals surface area contributed by atoms with Crippen LogP contribution in [0.3, 0.4) is 0 Å². The zero-order valence-electron chi connectivity index (χ0n) is 14.6. The molecule has 2 N–H and O–H groups in total. The Morgan fingerprint density at radius 2 is 1.70 bits per heavy atom. The molecule has 0 saturated heterocycles. The van der Waals surface area contributed by atoms with E-state index >= 15 is 0 Å². The Morgan fingerprint density at radius 1 is 0.963 bits per heavy atom. The first-order valence-electron chi connectivity index (χ1n) is 8.55. The number of benzene rings is 3. The number of hydrogen-bond acceptors (Lipinski definition) is 4. The molecule has 0 aromatic heterocycles. The van der Waals surface area contributed by atoms with Crippen LogP contribution in [0, 0.1) is 10.1 Å². The Balaban J connectivity index is 1.47. The van der Waals surface area contributed by atoms with Crippen molar-refractivity contribution in [2.75, 3.05) is 18.4 Å². The molecule has 0 fully saturated rings. The smallest absolute Gasteiger partial charge is 0.269 e. The van der Waals surface area contributed by atoms with Crippen molar-refractivity contribution in [2.45, 2.75) is 0 Å². The predicted octanol–water partition coefficient (Wildman–Crippen LogP) is 3.99. The van der Waals surface area contributed by atoms with Crippen LogP contribution in [0.1, 0.15) is 5.56 Å². The Bertz CT molecular complexity index is 976. The van der Waals surface area contributed by atoms with E-state index in [-0.39, 0.29) is 11.6 Å². The number of hydrogen-bond donors (Lipinski definition) is 2. The third kappa shape index (κ3) is 4.92. The van der Waals surface area contributed by atoms with Gasteiger partial charge in [-0.1, -0.05) is 36.4 Å². The number of nitrogens with one attached hydrogen (secondary N) is 2. The van der Waals surface area contributed by atoms with E-state index in [0.29, 0.717) is 13.1 Å². The van der Waals surface area contributed by atoms with Crippen molar-refractivity contribution < 1.29 is 9.72 Å². The minimum atomic E-state index is -0.455. The Morgan fingerprint density at radius 3 is 2.48 bits per heavy atom. The average Bonchev–Trinajstić information content (AvgIpc) is 2.70. The van der Waals surface area contributed by atoms with Crippen LogP contribution in [0.25, 0.3) is 16.8 Å². The van der Waals surface area contributed by atoms with E-state index < -0.39 is 4.92 Å². The van der Waals surface area contributed by atoms with Crippen molar-refractivity contribution >= 4 is 34.1 Å². The molecule has 0 bridgehead atoms. The minimum absolute atomic E-state index is 0.0242. The fourth-order valence-corrected chi connectivity index (χ4v) is 2.70. The van der Waals surface area contributed by atoms with Gasteiger partial charge in [0.05, 0.1) is 4.92 Å². The minimum Gasteiger partial charge on any atom is -0.383 e. The molecule has 3 aromatic rings. The van der Waals surface area contributed by atoms with Crippen LogP contribution in [-0.2, 0) is 4.79 Å². The van der Waals surface area contributed by atoms with Gasteiger partial charge in [0, 0.05) is 42.4 Å². The van der Waals surface area contributed by atoms with Gasteiger partial charge >= 0.3 is 0 Å². The van der Waals surface area contributed by atoms with Crippen molar-refractivity contribution in [3.05, 3.63) is 88.5 Å². The molecule has 0 aliphatic rings. The zero-order valence-corrected chi connectivity index (χ0v) is 14.6. The SMILES string of the molecule is O=C(/C=C/c1ccc([N+](=O)[O-])cc1)NCCNc1cccc2ccccc12. The number of carbonyl (C=O) groups excluding carboxylic acids is 1. The van der Waals surface area contributed by atoms with Crippen LogP contribution in [0.4, 0.5) is 11.4 Å². The molecule has 0 unspecified atom stereocenters. The van der Waals surface area contributed by atoms with E-state index in [0.717, 1.165) is 22.0 Å². The summed E-state index contributed by atoms with van der Waals surface area (Å²) in [7, 11) is 0. The quantitative estimate of drug-likeness (QED) is 0.288. The maximum Gasteiger partial charge on any atom is 0.269 e. The molecule has 27 heavy (non-hydrogen) atoms. The van der Waals surface area contributed by atoms with Crippen molar-refractivity contribution in [3.63, 3.8) is 0 Å².